The van der Waals surface area contributed by atoms with E-state index < -0.39 is 0 Å². The van der Waals surface area contributed by atoms with Crippen molar-refractivity contribution in [1.82, 2.24) is 0 Å². The Bertz CT molecular complexity index is 761. The van der Waals surface area contributed by atoms with Crippen molar-refractivity contribution < 1.29 is 8.83 Å². The molecule has 4 aromatic rings. The first-order chi connectivity index (χ1) is 10.9. The molecule has 2 heteroatoms. The largest absolute Gasteiger partial charge is 0.464 e. The van der Waals surface area contributed by atoms with Crippen molar-refractivity contribution >= 4 is 0 Å². The van der Waals surface area contributed by atoms with Gasteiger partial charge in [0.05, 0.1) is 12.5 Å². The summed E-state index contributed by atoms with van der Waals surface area (Å²) in [5, 5.41) is 0. The average molecular weight is 286 g/mol. The third kappa shape index (κ3) is 2.35. The van der Waals surface area contributed by atoms with Gasteiger partial charge in [-0.3, -0.25) is 0 Å². The summed E-state index contributed by atoms with van der Waals surface area (Å²) < 4.78 is 10.8. The van der Waals surface area contributed by atoms with E-state index in [1.54, 1.807) is 12.5 Å². The van der Waals surface area contributed by atoms with Gasteiger partial charge in [0.2, 0.25) is 0 Å². The van der Waals surface area contributed by atoms with Gasteiger partial charge in [0.1, 0.15) is 11.5 Å². The molecule has 0 aliphatic rings. The van der Waals surface area contributed by atoms with Crippen LogP contribution in [0.15, 0.2) is 94.2 Å². The van der Waals surface area contributed by atoms with E-state index in [-0.39, 0.29) is 0 Å². The Balaban J connectivity index is 1.62. The lowest BCUT2D eigenvalue weighted by molar-refractivity contribution is 0.582. The summed E-state index contributed by atoms with van der Waals surface area (Å²) in [5.74, 6) is 1.78. The lowest BCUT2D eigenvalue weighted by Gasteiger charge is -2.04. The highest BCUT2D eigenvalue weighted by atomic mass is 16.3. The molecule has 106 valence electrons. The Morgan fingerprint density at radius 2 is 0.773 bits per heavy atom. The van der Waals surface area contributed by atoms with Crippen molar-refractivity contribution in [2.45, 2.75) is 0 Å². The van der Waals surface area contributed by atoms with E-state index in [2.05, 4.69) is 48.5 Å². The van der Waals surface area contributed by atoms with Gasteiger partial charge in [0.15, 0.2) is 0 Å². The van der Waals surface area contributed by atoms with E-state index in [1.165, 1.54) is 11.1 Å². The summed E-state index contributed by atoms with van der Waals surface area (Å²) in [6, 6.07) is 24.5. The second kappa shape index (κ2) is 5.41. The predicted octanol–water partition coefficient (Wildman–Crippen LogP) is 5.87. The topological polar surface area (TPSA) is 26.3 Å². The summed E-state index contributed by atoms with van der Waals surface area (Å²) in [6.45, 7) is 0. The van der Waals surface area contributed by atoms with Gasteiger partial charge >= 0.3 is 0 Å². The molecule has 0 radical (unpaired) electrons. The molecular weight excluding hydrogens is 272 g/mol. The highest BCUT2D eigenvalue weighted by Crippen LogP contribution is 2.27. The quantitative estimate of drug-likeness (QED) is 0.470. The molecule has 0 atom stereocenters. The molecular formula is C20H14O2. The van der Waals surface area contributed by atoms with Gasteiger partial charge in [0, 0.05) is 11.1 Å². The highest BCUT2D eigenvalue weighted by molar-refractivity contribution is 5.70. The summed E-state index contributed by atoms with van der Waals surface area (Å²) in [6.07, 6.45) is 3.38. The second-order valence-electron chi connectivity index (χ2n) is 5.11. The smallest absolute Gasteiger partial charge is 0.133 e. The Morgan fingerprint density at radius 1 is 0.409 bits per heavy atom. The SMILES string of the molecule is c1coc(-c2ccc(-c3ccc(-c4ccco4)cc3)cc2)c1. The Labute approximate surface area is 128 Å². The molecule has 0 saturated heterocycles. The first-order valence-corrected chi connectivity index (χ1v) is 7.18. The van der Waals surface area contributed by atoms with Crippen molar-refractivity contribution in [1.29, 1.82) is 0 Å². The van der Waals surface area contributed by atoms with Crippen molar-refractivity contribution in [3.8, 4) is 33.8 Å². The molecule has 0 unspecified atom stereocenters. The maximum atomic E-state index is 5.41. The standard InChI is InChI=1S/C20H14O2/c1-3-19(21-13-1)17-9-5-15(6-10-17)16-7-11-18(12-8-16)20-4-2-14-22-20/h1-14H. The Kier molecular flexibility index (Phi) is 3.13. The van der Waals surface area contributed by atoms with Crippen LogP contribution in [-0.4, -0.2) is 0 Å². The zero-order valence-corrected chi connectivity index (χ0v) is 11.9. The number of hydrogen-bond acceptors (Lipinski definition) is 2. The van der Waals surface area contributed by atoms with Gasteiger partial charge < -0.3 is 8.83 Å². The lowest BCUT2D eigenvalue weighted by atomic mass is 10.0. The van der Waals surface area contributed by atoms with Gasteiger partial charge in [-0.05, 0) is 35.4 Å². The van der Waals surface area contributed by atoms with Crippen LogP contribution in [0.1, 0.15) is 0 Å². The summed E-state index contributed by atoms with van der Waals surface area (Å²) in [7, 11) is 0. The predicted molar refractivity (Wildman–Crippen MR) is 87.3 cm³/mol. The lowest BCUT2D eigenvalue weighted by Crippen LogP contribution is -1.80. The van der Waals surface area contributed by atoms with Crippen LogP contribution < -0.4 is 0 Å². The number of hydrogen-bond donors (Lipinski definition) is 0. The average Bonchev–Trinajstić information content (AvgIpc) is 3.29. The van der Waals surface area contributed by atoms with Gasteiger partial charge in [-0.25, -0.2) is 0 Å². The van der Waals surface area contributed by atoms with Gasteiger partial charge in [0.25, 0.3) is 0 Å². The van der Waals surface area contributed by atoms with Crippen LogP contribution in [0.3, 0.4) is 0 Å². The van der Waals surface area contributed by atoms with Crippen LogP contribution in [0.4, 0.5) is 0 Å². The minimum absolute atomic E-state index is 0.889. The van der Waals surface area contributed by atoms with E-state index in [0.717, 1.165) is 22.6 Å². The molecule has 0 fully saturated rings. The maximum absolute atomic E-state index is 5.41. The molecule has 0 amide bonds. The molecule has 0 saturated carbocycles. The minimum Gasteiger partial charge on any atom is -0.464 e. The zero-order chi connectivity index (χ0) is 14.8. The number of rotatable bonds is 3. The third-order valence-corrected chi connectivity index (χ3v) is 3.71. The van der Waals surface area contributed by atoms with Crippen molar-refractivity contribution in [3.05, 3.63) is 85.3 Å². The van der Waals surface area contributed by atoms with Crippen molar-refractivity contribution in [3.63, 3.8) is 0 Å². The minimum atomic E-state index is 0.889. The maximum Gasteiger partial charge on any atom is 0.133 e. The van der Waals surface area contributed by atoms with E-state index in [9.17, 15) is 0 Å². The summed E-state index contributed by atoms with van der Waals surface area (Å²) in [5.41, 5.74) is 4.53. The summed E-state index contributed by atoms with van der Waals surface area (Å²) in [4.78, 5) is 0. The fourth-order valence-electron chi connectivity index (χ4n) is 2.54. The number of furan rings is 2. The zero-order valence-electron chi connectivity index (χ0n) is 11.9. The van der Waals surface area contributed by atoms with Crippen molar-refractivity contribution in [2.75, 3.05) is 0 Å². The molecule has 0 N–H and O–H groups in total. The van der Waals surface area contributed by atoms with Crippen molar-refractivity contribution in [2.24, 2.45) is 0 Å². The van der Waals surface area contributed by atoms with Gasteiger partial charge in [-0.2, -0.15) is 0 Å². The molecule has 22 heavy (non-hydrogen) atoms. The number of benzene rings is 2. The van der Waals surface area contributed by atoms with E-state index >= 15 is 0 Å². The molecule has 2 aromatic heterocycles. The highest BCUT2D eigenvalue weighted by Gasteiger charge is 2.04. The van der Waals surface area contributed by atoms with E-state index in [4.69, 9.17) is 8.83 Å². The molecule has 0 aliphatic heterocycles. The molecule has 0 spiro atoms. The first-order valence-electron chi connectivity index (χ1n) is 7.18. The molecule has 0 bridgehead atoms. The molecule has 2 nitrogen and oxygen atoms in total. The fraction of sp³-hybridized carbons (Fsp3) is 0. The van der Waals surface area contributed by atoms with Gasteiger partial charge in [-0.1, -0.05) is 48.5 Å². The molecule has 2 heterocycles. The van der Waals surface area contributed by atoms with Crippen LogP contribution >= 0.6 is 0 Å². The van der Waals surface area contributed by atoms with Gasteiger partial charge in [-0.15, -0.1) is 0 Å². The Morgan fingerprint density at radius 3 is 1.09 bits per heavy atom. The van der Waals surface area contributed by atoms with E-state index in [1.807, 2.05) is 24.3 Å². The van der Waals surface area contributed by atoms with Crippen LogP contribution in [-0.2, 0) is 0 Å². The fourth-order valence-corrected chi connectivity index (χ4v) is 2.54. The van der Waals surface area contributed by atoms with Crippen LogP contribution in [0.25, 0.3) is 33.8 Å². The first kappa shape index (κ1) is 12.7. The van der Waals surface area contributed by atoms with Crippen LogP contribution in [0, 0.1) is 0 Å². The molecule has 4 rings (SSSR count). The Hall–Kier alpha value is -3.00. The molecule has 0 aliphatic carbocycles. The van der Waals surface area contributed by atoms with Crippen LogP contribution in [0.2, 0.25) is 0 Å². The van der Waals surface area contributed by atoms with Crippen LogP contribution in [0.5, 0.6) is 0 Å². The molecule has 2 aromatic carbocycles. The second-order valence-corrected chi connectivity index (χ2v) is 5.11. The third-order valence-electron chi connectivity index (χ3n) is 3.71. The summed E-state index contributed by atoms with van der Waals surface area (Å²) >= 11 is 0. The monoisotopic (exact) mass is 286 g/mol. The van der Waals surface area contributed by atoms with E-state index in [0.29, 0.717) is 0 Å². The normalized spacial score (nSPS) is 10.7.